The average Bonchev–Trinajstić information content (AvgIpc) is 2.12. The first-order valence-electron chi connectivity index (χ1n) is 5.54. The molecule has 0 aliphatic carbocycles. The smallest absolute Gasteiger partial charge is 0.0774 e. The molecule has 0 aromatic rings. The van der Waals surface area contributed by atoms with Crippen molar-refractivity contribution in [2.24, 2.45) is 0 Å². The summed E-state index contributed by atoms with van der Waals surface area (Å²) in [6.45, 7) is 6.30. The number of rotatable bonds is 8. The first-order valence-corrected chi connectivity index (χ1v) is 5.54. The van der Waals surface area contributed by atoms with Gasteiger partial charge >= 0.3 is 0 Å². The monoisotopic (exact) mass is 204 g/mol. The molecule has 2 N–H and O–H groups in total. The van der Waals surface area contributed by atoms with Crippen LogP contribution in [0.15, 0.2) is 0 Å². The van der Waals surface area contributed by atoms with Crippen molar-refractivity contribution in [3.63, 3.8) is 0 Å². The van der Waals surface area contributed by atoms with Crippen LogP contribution < -0.4 is 0 Å². The van der Waals surface area contributed by atoms with Crippen molar-refractivity contribution in [2.45, 2.75) is 64.8 Å². The fourth-order valence-corrected chi connectivity index (χ4v) is 1.25. The maximum absolute atomic E-state index is 9.48. The first kappa shape index (κ1) is 13.9. The first-order chi connectivity index (χ1) is 6.56. The van der Waals surface area contributed by atoms with Crippen molar-refractivity contribution in [2.75, 3.05) is 6.61 Å². The third-order valence-corrected chi connectivity index (χ3v) is 2.08. The fourth-order valence-electron chi connectivity index (χ4n) is 1.25. The Hall–Kier alpha value is -0.120. The molecular formula is C11H24O3. The molecule has 86 valence electrons. The van der Waals surface area contributed by atoms with Gasteiger partial charge in [0, 0.05) is 0 Å². The van der Waals surface area contributed by atoms with Crippen LogP contribution in [0.25, 0.3) is 0 Å². The number of ether oxygens (including phenoxy) is 1. The van der Waals surface area contributed by atoms with Crippen LogP contribution in [0.4, 0.5) is 0 Å². The van der Waals surface area contributed by atoms with Crippen LogP contribution in [-0.2, 0) is 4.74 Å². The molecule has 0 aliphatic rings. The van der Waals surface area contributed by atoms with Crippen LogP contribution >= 0.6 is 0 Å². The number of aliphatic hydroxyl groups excluding tert-OH is 2. The standard InChI is InChI=1S/C11H24O3/c1-4-5-10(12)6-7-11(13)8-14-9(2)3/h9-13H,4-8H2,1-3H3. The van der Waals surface area contributed by atoms with Crippen LogP contribution in [-0.4, -0.2) is 35.1 Å². The highest BCUT2D eigenvalue weighted by atomic mass is 16.5. The van der Waals surface area contributed by atoms with Crippen LogP contribution in [0.2, 0.25) is 0 Å². The summed E-state index contributed by atoms with van der Waals surface area (Å²) in [6, 6.07) is 0. The van der Waals surface area contributed by atoms with Gasteiger partial charge in [-0.05, 0) is 33.1 Å². The minimum absolute atomic E-state index is 0.158. The third kappa shape index (κ3) is 8.48. The van der Waals surface area contributed by atoms with E-state index in [-0.39, 0.29) is 12.2 Å². The zero-order valence-electron chi connectivity index (χ0n) is 9.57. The summed E-state index contributed by atoms with van der Waals surface area (Å²) in [6.07, 6.45) is 2.53. The quantitative estimate of drug-likeness (QED) is 0.633. The molecule has 0 amide bonds. The highest BCUT2D eigenvalue weighted by molar-refractivity contribution is 4.60. The second kappa shape index (κ2) is 8.21. The topological polar surface area (TPSA) is 49.7 Å². The molecule has 0 bridgehead atoms. The summed E-state index contributed by atoms with van der Waals surface area (Å²) < 4.78 is 5.26. The summed E-state index contributed by atoms with van der Waals surface area (Å²) in [7, 11) is 0. The molecule has 0 rings (SSSR count). The zero-order chi connectivity index (χ0) is 11.0. The SMILES string of the molecule is CCCC(O)CCC(O)COC(C)C. The second-order valence-electron chi connectivity index (χ2n) is 4.06. The highest BCUT2D eigenvalue weighted by Gasteiger charge is 2.09. The van der Waals surface area contributed by atoms with Gasteiger partial charge in [-0.25, -0.2) is 0 Å². The van der Waals surface area contributed by atoms with Crippen molar-refractivity contribution in [3.8, 4) is 0 Å². The predicted octanol–water partition coefficient (Wildman–Crippen LogP) is 1.71. The van der Waals surface area contributed by atoms with E-state index in [4.69, 9.17) is 4.74 Å². The van der Waals surface area contributed by atoms with E-state index in [0.717, 1.165) is 12.8 Å². The molecule has 0 fully saturated rings. The Balaban J connectivity index is 3.38. The van der Waals surface area contributed by atoms with E-state index in [1.54, 1.807) is 0 Å². The normalized spacial score (nSPS) is 15.9. The average molecular weight is 204 g/mol. The van der Waals surface area contributed by atoms with Crippen LogP contribution in [0.3, 0.4) is 0 Å². The zero-order valence-corrected chi connectivity index (χ0v) is 9.57. The molecule has 2 unspecified atom stereocenters. The van der Waals surface area contributed by atoms with Gasteiger partial charge in [0.25, 0.3) is 0 Å². The van der Waals surface area contributed by atoms with E-state index in [0.29, 0.717) is 19.4 Å². The molecule has 14 heavy (non-hydrogen) atoms. The highest BCUT2D eigenvalue weighted by Crippen LogP contribution is 2.07. The molecule has 2 atom stereocenters. The Labute approximate surface area is 87.1 Å². The predicted molar refractivity (Wildman–Crippen MR) is 57.2 cm³/mol. The van der Waals surface area contributed by atoms with E-state index >= 15 is 0 Å². The van der Waals surface area contributed by atoms with Crippen molar-refractivity contribution < 1.29 is 14.9 Å². The molecule has 0 aromatic carbocycles. The molecule has 0 aromatic heterocycles. The lowest BCUT2D eigenvalue weighted by molar-refractivity contribution is -0.00327. The Kier molecular flexibility index (Phi) is 8.14. The summed E-state index contributed by atoms with van der Waals surface area (Å²) in [5.41, 5.74) is 0. The Morgan fingerprint density at radius 1 is 1.00 bits per heavy atom. The number of hydrogen-bond donors (Lipinski definition) is 2. The summed E-state index contributed by atoms with van der Waals surface area (Å²) >= 11 is 0. The molecule has 3 heteroatoms. The van der Waals surface area contributed by atoms with E-state index in [1.165, 1.54) is 0 Å². The molecular weight excluding hydrogens is 180 g/mol. The van der Waals surface area contributed by atoms with Crippen molar-refractivity contribution in [1.29, 1.82) is 0 Å². The molecule has 0 saturated carbocycles. The summed E-state index contributed by atoms with van der Waals surface area (Å²) in [5, 5.41) is 18.9. The fraction of sp³-hybridized carbons (Fsp3) is 1.00. The molecule has 0 spiro atoms. The van der Waals surface area contributed by atoms with Crippen LogP contribution in [0.1, 0.15) is 46.5 Å². The minimum Gasteiger partial charge on any atom is -0.393 e. The van der Waals surface area contributed by atoms with E-state index in [9.17, 15) is 10.2 Å². The molecule has 0 heterocycles. The van der Waals surface area contributed by atoms with Crippen molar-refractivity contribution in [1.82, 2.24) is 0 Å². The lowest BCUT2D eigenvalue weighted by Crippen LogP contribution is -2.20. The lowest BCUT2D eigenvalue weighted by Gasteiger charge is -2.15. The lowest BCUT2D eigenvalue weighted by atomic mass is 10.1. The van der Waals surface area contributed by atoms with E-state index < -0.39 is 6.10 Å². The van der Waals surface area contributed by atoms with Gasteiger partial charge in [-0.3, -0.25) is 0 Å². The van der Waals surface area contributed by atoms with Gasteiger partial charge in [0.15, 0.2) is 0 Å². The maximum atomic E-state index is 9.48. The molecule has 3 nitrogen and oxygen atoms in total. The second-order valence-corrected chi connectivity index (χ2v) is 4.06. The van der Waals surface area contributed by atoms with Gasteiger partial charge in [0.1, 0.15) is 0 Å². The minimum atomic E-state index is -0.441. The van der Waals surface area contributed by atoms with Crippen molar-refractivity contribution >= 4 is 0 Å². The maximum Gasteiger partial charge on any atom is 0.0774 e. The third-order valence-electron chi connectivity index (χ3n) is 2.08. The summed E-state index contributed by atoms with van der Waals surface area (Å²) in [5.74, 6) is 0. The van der Waals surface area contributed by atoms with E-state index in [2.05, 4.69) is 0 Å². The van der Waals surface area contributed by atoms with Gasteiger partial charge in [-0.1, -0.05) is 13.3 Å². The Bertz CT molecular complexity index is 126. The van der Waals surface area contributed by atoms with Gasteiger partial charge < -0.3 is 14.9 Å². The number of hydrogen-bond acceptors (Lipinski definition) is 3. The Morgan fingerprint density at radius 2 is 1.57 bits per heavy atom. The van der Waals surface area contributed by atoms with Crippen molar-refractivity contribution in [3.05, 3.63) is 0 Å². The van der Waals surface area contributed by atoms with Crippen LogP contribution in [0.5, 0.6) is 0 Å². The number of aliphatic hydroxyl groups is 2. The molecule has 0 aliphatic heterocycles. The van der Waals surface area contributed by atoms with Gasteiger partial charge in [0.05, 0.1) is 24.9 Å². The van der Waals surface area contributed by atoms with Gasteiger partial charge in [0.2, 0.25) is 0 Å². The molecule has 0 radical (unpaired) electrons. The van der Waals surface area contributed by atoms with Gasteiger partial charge in [-0.15, -0.1) is 0 Å². The van der Waals surface area contributed by atoms with Gasteiger partial charge in [-0.2, -0.15) is 0 Å². The van der Waals surface area contributed by atoms with E-state index in [1.807, 2.05) is 20.8 Å². The van der Waals surface area contributed by atoms with Crippen LogP contribution in [0, 0.1) is 0 Å². The Morgan fingerprint density at radius 3 is 2.07 bits per heavy atom. The largest absolute Gasteiger partial charge is 0.393 e. The summed E-state index contributed by atoms with van der Waals surface area (Å²) in [4.78, 5) is 0. The molecule has 0 saturated heterocycles.